The number of morpholine rings is 1. The Kier molecular flexibility index (Phi) is 3.37. The molecule has 5 nitrogen and oxygen atoms in total. The van der Waals surface area contributed by atoms with Gasteiger partial charge in [0, 0.05) is 18.5 Å². The number of rotatable bonds is 1. The third-order valence-corrected chi connectivity index (χ3v) is 3.58. The van der Waals surface area contributed by atoms with Crippen molar-refractivity contribution in [1.82, 2.24) is 9.97 Å². The predicted octanol–water partition coefficient (Wildman–Crippen LogP) is 1.43. The highest BCUT2D eigenvalue weighted by Gasteiger charge is 2.26. The van der Waals surface area contributed by atoms with Gasteiger partial charge in [0.1, 0.15) is 5.82 Å². The Bertz CT molecular complexity index is 455. The van der Waals surface area contributed by atoms with Crippen molar-refractivity contribution in [2.75, 3.05) is 31.3 Å². The Morgan fingerprint density at radius 1 is 1.28 bits per heavy atom. The Morgan fingerprint density at radius 3 is 3.00 bits per heavy atom. The fourth-order valence-electron chi connectivity index (χ4n) is 2.46. The van der Waals surface area contributed by atoms with Gasteiger partial charge in [-0.3, -0.25) is 0 Å². The topological polar surface area (TPSA) is 47.5 Å². The molecule has 0 spiro atoms. The molecule has 1 aromatic rings. The molecule has 0 aliphatic carbocycles. The van der Waals surface area contributed by atoms with Crippen LogP contribution in [-0.2, 0) is 22.5 Å². The van der Waals surface area contributed by atoms with Gasteiger partial charge in [-0.2, -0.15) is 0 Å². The maximum absolute atomic E-state index is 6.03. The number of anilines is 1. The van der Waals surface area contributed by atoms with E-state index in [-0.39, 0.29) is 0 Å². The van der Waals surface area contributed by atoms with Gasteiger partial charge in [-0.05, 0) is 18.5 Å². The molecular weight excluding hydrogens is 254 g/mol. The van der Waals surface area contributed by atoms with Gasteiger partial charge in [0.15, 0.2) is 0 Å². The molecule has 1 atom stereocenters. The zero-order valence-corrected chi connectivity index (χ0v) is 11.1. The molecule has 2 aliphatic heterocycles. The van der Waals surface area contributed by atoms with Crippen LogP contribution in [0.3, 0.4) is 0 Å². The van der Waals surface area contributed by atoms with Gasteiger partial charge in [-0.1, -0.05) is 0 Å². The molecule has 2 aliphatic rings. The first kappa shape index (κ1) is 12.1. The van der Waals surface area contributed by atoms with Crippen molar-refractivity contribution in [1.29, 1.82) is 0 Å². The van der Waals surface area contributed by atoms with Crippen molar-refractivity contribution in [3.63, 3.8) is 0 Å². The molecule has 3 heterocycles. The summed E-state index contributed by atoms with van der Waals surface area (Å²) in [6.07, 6.45) is 0.809. The highest BCUT2D eigenvalue weighted by molar-refractivity contribution is 6.28. The van der Waals surface area contributed by atoms with E-state index in [1.165, 1.54) is 0 Å². The monoisotopic (exact) mass is 269 g/mol. The molecule has 1 unspecified atom stereocenters. The van der Waals surface area contributed by atoms with Gasteiger partial charge in [-0.25, -0.2) is 9.97 Å². The lowest BCUT2D eigenvalue weighted by Gasteiger charge is -2.36. The normalized spacial score (nSPS) is 23.9. The minimum absolute atomic E-state index is 0.302. The summed E-state index contributed by atoms with van der Waals surface area (Å²) in [7, 11) is 0. The standard InChI is InChI=1S/C12H16ClN3O2/c1-8-6-18-5-3-16(8)11-9-7-17-4-2-10(9)14-12(13)15-11/h8H,2-7H2,1H3. The van der Waals surface area contributed by atoms with Gasteiger partial charge < -0.3 is 14.4 Å². The van der Waals surface area contributed by atoms with Crippen LogP contribution in [0.4, 0.5) is 5.82 Å². The average molecular weight is 270 g/mol. The predicted molar refractivity (Wildman–Crippen MR) is 68.0 cm³/mol. The minimum atomic E-state index is 0.302. The molecule has 0 N–H and O–H groups in total. The number of hydrogen-bond acceptors (Lipinski definition) is 5. The summed E-state index contributed by atoms with van der Waals surface area (Å²) in [6, 6.07) is 0.302. The molecule has 98 valence electrons. The van der Waals surface area contributed by atoms with Crippen LogP contribution in [0.5, 0.6) is 0 Å². The van der Waals surface area contributed by atoms with Crippen molar-refractivity contribution in [2.24, 2.45) is 0 Å². The van der Waals surface area contributed by atoms with Crippen LogP contribution in [0.15, 0.2) is 0 Å². The van der Waals surface area contributed by atoms with E-state index in [0.717, 1.165) is 43.3 Å². The molecule has 1 saturated heterocycles. The molecule has 0 aromatic carbocycles. The van der Waals surface area contributed by atoms with Crippen molar-refractivity contribution < 1.29 is 9.47 Å². The Hall–Kier alpha value is -0.910. The summed E-state index contributed by atoms with van der Waals surface area (Å²) >= 11 is 6.03. The van der Waals surface area contributed by atoms with Crippen LogP contribution >= 0.6 is 11.6 Å². The molecule has 18 heavy (non-hydrogen) atoms. The van der Waals surface area contributed by atoms with Crippen molar-refractivity contribution in [2.45, 2.75) is 26.0 Å². The molecular formula is C12H16ClN3O2. The van der Waals surface area contributed by atoms with E-state index >= 15 is 0 Å². The number of nitrogens with zero attached hydrogens (tertiary/aromatic N) is 3. The lowest BCUT2D eigenvalue weighted by Crippen LogP contribution is -2.45. The van der Waals surface area contributed by atoms with Gasteiger partial charge in [0.2, 0.25) is 5.28 Å². The van der Waals surface area contributed by atoms with Crippen LogP contribution < -0.4 is 4.90 Å². The summed E-state index contributed by atoms with van der Waals surface area (Å²) in [5.41, 5.74) is 2.11. The largest absolute Gasteiger partial charge is 0.377 e. The van der Waals surface area contributed by atoms with Crippen LogP contribution in [0.25, 0.3) is 0 Å². The van der Waals surface area contributed by atoms with E-state index in [9.17, 15) is 0 Å². The Labute approximate surface area is 111 Å². The molecule has 0 amide bonds. The third kappa shape index (κ3) is 2.18. The number of fused-ring (bicyclic) bond motifs is 1. The second-order valence-corrected chi connectivity index (χ2v) is 5.00. The lowest BCUT2D eigenvalue weighted by molar-refractivity contribution is 0.0952. The summed E-state index contributed by atoms with van der Waals surface area (Å²) in [4.78, 5) is 11.0. The highest BCUT2D eigenvalue weighted by Crippen LogP contribution is 2.28. The maximum atomic E-state index is 6.03. The molecule has 0 saturated carbocycles. The van der Waals surface area contributed by atoms with Crippen molar-refractivity contribution >= 4 is 17.4 Å². The van der Waals surface area contributed by atoms with Crippen LogP contribution in [0.1, 0.15) is 18.2 Å². The molecule has 0 bridgehead atoms. The van der Waals surface area contributed by atoms with E-state index in [1.54, 1.807) is 0 Å². The minimum Gasteiger partial charge on any atom is -0.377 e. The van der Waals surface area contributed by atoms with E-state index in [4.69, 9.17) is 21.1 Å². The second-order valence-electron chi connectivity index (χ2n) is 4.66. The van der Waals surface area contributed by atoms with Crippen LogP contribution in [0, 0.1) is 0 Å². The molecule has 3 rings (SSSR count). The fourth-order valence-corrected chi connectivity index (χ4v) is 2.65. The third-order valence-electron chi connectivity index (χ3n) is 3.41. The van der Waals surface area contributed by atoms with E-state index in [0.29, 0.717) is 24.5 Å². The number of halogens is 1. The Balaban J connectivity index is 2.01. The van der Waals surface area contributed by atoms with Gasteiger partial charge in [0.05, 0.1) is 38.2 Å². The lowest BCUT2D eigenvalue weighted by atomic mass is 10.1. The zero-order valence-electron chi connectivity index (χ0n) is 10.4. The average Bonchev–Trinajstić information content (AvgIpc) is 2.38. The zero-order chi connectivity index (χ0) is 12.5. The summed E-state index contributed by atoms with van der Waals surface area (Å²) < 4.78 is 11.0. The van der Waals surface area contributed by atoms with Crippen LogP contribution in [-0.4, -0.2) is 42.4 Å². The molecule has 1 fully saturated rings. The first-order chi connectivity index (χ1) is 8.75. The first-order valence-corrected chi connectivity index (χ1v) is 6.61. The van der Waals surface area contributed by atoms with E-state index < -0.39 is 0 Å². The van der Waals surface area contributed by atoms with Gasteiger partial charge >= 0.3 is 0 Å². The van der Waals surface area contributed by atoms with E-state index in [1.807, 2.05) is 0 Å². The number of hydrogen-bond donors (Lipinski definition) is 0. The van der Waals surface area contributed by atoms with E-state index in [2.05, 4.69) is 21.8 Å². The smallest absolute Gasteiger partial charge is 0.224 e. The summed E-state index contributed by atoms with van der Waals surface area (Å²) in [5.74, 6) is 0.917. The SMILES string of the molecule is CC1COCCN1c1nc(Cl)nc2c1COCC2. The number of ether oxygens (including phenoxy) is 2. The fraction of sp³-hybridized carbons (Fsp3) is 0.667. The number of aromatic nitrogens is 2. The summed E-state index contributed by atoms with van der Waals surface area (Å²) in [5, 5.41) is 0.323. The Morgan fingerprint density at radius 2 is 2.17 bits per heavy atom. The van der Waals surface area contributed by atoms with Crippen molar-refractivity contribution in [3.8, 4) is 0 Å². The van der Waals surface area contributed by atoms with Crippen LogP contribution in [0.2, 0.25) is 5.28 Å². The maximum Gasteiger partial charge on any atom is 0.224 e. The molecule has 6 heteroatoms. The molecule has 1 aromatic heterocycles. The summed E-state index contributed by atoms with van der Waals surface area (Å²) in [6.45, 7) is 5.69. The van der Waals surface area contributed by atoms with Gasteiger partial charge in [-0.15, -0.1) is 0 Å². The first-order valence-electron chi connectivity index (χ1n) is 6.23. The highest BCUT2D eigenvalue weighted by atomic mass is 35.5. The quantitative estimate of drug-likeness (QED) is 0.722. The second kappa shape index (κ2) is 4.99. The molecule has 0 radical (unpaired) electrons. The van der Waals surface area contributed by atoms with Crippen molar-refractivity contribution in [3.05, 3.63) is 16.5 Å². The van der Waals surface area contributed by atoms with Gasteiger partial charge in [0.25, 0.3) is 0 Å².